The van der Waals surface area contributed by atoms with E-state index in [2.05, 4.69) is 4.52 Å². The maximum atomic E-state index is 14.7. The Morgan fingerprint density at radius 1 is 1.09 bits per heavy atom. The van der Waals surface area contributed by atoms with Crippen LogP contribution in [0.1, 0.15) is 5.56 Å². The standard InChI is InChI=1S/C18H20F5N2O8P/c19-17(20,10-4-2-1-3-5-10)9-24-6-11(18(21,22)23)7-25(16(24)28)15-14(27)13(26)12(33-15)8-32-34(29,30)31/h1-5,7,12-15,26-27H,6,8-9H2,(H2,29,30,31)/t12-,13+,14+,15-/m1/s1. The summed E-state index contributed by atoms with van der Waals surface area (Å²) in [6, 6.07) is 4.74. The molecule has 0 radical (unpaired) electrons. The number of hydrogen-bond donors (Lipinski definition) is 4. The van der Waals surface area contributed by atoms with Gasteiger partial charge in [0.25, 0.3) is 5.92 Å². The highest BCUT2D eigenvalue weighted by atomic mass is 31.2. The highest BCUT2D eigenvalue weighted by molar-refractivity contribution is 7.46. The third-order valence-electron chi connectivity index (χ3n) is 5.12. The molecule has 4 atom stereocenters. The van der Waals surface area contributed by atoms with Crippen LogP contribution in [0.3, 0.4) is 0 Å². The molecule has 0 spiro atoms. The third kappa shape index (κ3) is 5.92. The number of rotatable bonds is 7. The maximum absolute atomic E-state index is 14.7. The van der Waals surface area contributed by atoms with Gasteiger partial charge in [0.2, 0.25) is 0 Å². The lowest BCUT2D eigenvalue weighted by Gasteiger charge is -2.39. The van der Waals surface area contributed by atoms with Crippen LogP contribution in [0.15, 0.2) is 42.1 Å². The summed E-state index contributed by atoms with van der Waals surface area (Å²) in [6.45, 7) is -3.63. The molecule has 2 amide bonds. The Morgan fingerprint density at radius 3 is 2.26 bits per heavy atom. The van der Waals surface area contributed by atoms with Crippen LogP contribution in [0.5, 0.6) is 0 Å². The van der Waals surface area contributed by atoms with Gasteiger partial charge in [0.1, 0.15) is 18.3 Å². The Balaban J connectivity index is 1.87. The van der Waals surface area contributed by atoms with Crippen molar-refractivity contribution in [2.45, 2.75) is 36.6 Å². The zero-order chi connectivity index (χ0) is 25.5. The second-order valence-corrected chi connectivity index (χ2v) is 8.84. The predicted molar refractivity (Wildman–Crippen MR) is 102 cm³/mol. The van der Waals surface area contributed by atoms with Gasteiger partial charge in [0.05, 0.1) is 25.3 Å². The largest absolute Gasteiger partial charge is 0.469 e. The number of hydrogen-bond acceptors (Lipinski definition) is 6. The number of phosphoric ester groups is 1. The molecular weight excluding hydrogens is 498 g/mol. The number of urea groups is 1. The molecule has 0 aliphatic carbocycles. The van der Waals surface area contributed by atoms with Gasteiger partial charge in [-0.05, 0) is 0 Å². The van der Waals surface area contributed by atoms with Crippen molar-refractivity contribution in [1.82, 2.24) is 9.80 Å². The van der Waals surface area contributed by atoms with E-state index in [1.54, 1.807) is 0 Å². The van der Waals surface area contributed by atoms with Crippen LogP contribution < -0.4 is 0 Å². The van der Waals surface area contributed by atoms with Gasteiger partial charge in [0.15, 0.2) is 6.23 Å². The Labute approximate surface area is 189 Å². The summed E-state index contributed by atoms with van der Waals surface area (Å²) in [5, 5.41) is 20.3. The SMILES string of the molecule is O=C1N(CC(F)(F)c2ccccc2)CC(C(F)(F)F)=CN1[C@@H]1O[C@H](COP(=O)(O)O)[C@H](O)[C@@H]1O. The molecule has 1 aromatic rings. The summed E-state index contributed by atoms with van der Waals surface area (Å²) in [7, 11) is -5.03. The van der Waals surface area contributed by atoms with Crippen LogP contribution in [-0.2, 0) is 19.7 Å². The molecule has 0 aromatic heterocycles. The summed E-state index contributed by atoms with van der Waals surface area (Å²) < 4.78 is 90.1. The molecule has 0 unspecified atom stereocenters. The lowest BCUT2D eigenvalue weighted by molar-refractivity contribution is -0.109. The first-order chi connectivity index (χ1) is 15.6. The summed E-state index contributed by atoms with van der Waals surface area (Å²) in [5.41, 5.74) is -1.95. The van der Waals surface area contributed by atoms with E-state index in [-0.39, 0.29) is 16.0 Å². The van der Waals surface area contributed by atoms with Crippen molar-refractivity contribution < 1.29 is 60.6 Å². The molecule has 1 aromatic carbocycles. The van der Waals surface area contributed by atoms with Gasteiger partial charge < -0.3 is 29.6 Å². The third-order valence-corrected chi connectivity index (χ3v) is 5.60. The number of carbonyl (C=O) groups is 1. The minimum atomic E-state index is -5.04. The van der Waals surface area contributed by atoms with E-state index in [4.69, 9.17) is 14.5 Å². The number of aliphatic hydroxyl groups is 2. The van der Waals surface area contributed by atoms with Gasteiger partial charge in [-0.1, -0.05) is 30.3 Å². The van der Waals surface area contributed by atoms with Crippen molar-refractivity contribution in [2.75, 3.05) is 19.7 Å². The van der Waals surface area contributed by atoms with Crippen molar-refractivity contribution >= 4 is 13.9 Å². The molecule has 2 aliphatic heterocycles. The van der Waals surface area contributed by atoms with Crippen LogP contribution in [0, 0.1) is 0 Å². The fraction of sp³-hybridized carbons (Fsp3) is 0.500. The first kappa shape index (κ1) is 26.5. The normalized spacial score (nSPS) is 26.7. The number of benzene rings is 1. The molecule has 4 N–H and O–H groups in total. The minimum absolute atomic E-state index is 0.207. The van der Waals surface area contributed by atoms with Gasteiger partial charge in [-0.3, -0.25) is 9.42 Å². The second kappa shape index (κ2) is 9.49. The number of carbonyl (C=O) groups excluding carboxylic acids is 1. The predicted octanol–water partition coefficient (Wildman–Crippen LogP) is 1.52. The van der Waals surface area contributed by atoms with Crippen molar-refractivity contribution in [3.05, 3.63) is 47.7 Å². The van der Waals surface area contributed by atoms with E-state index in [0.717, 1.165) is 12.1 Å². The van der Waals surface area contributed by atoms with Gasteiger partial charge >= 0.3 is 20.0 Å². The van der Waals surface area contributed by atoms with Crippen LogP contribution in [0.2, 0.25) is 0 Å². The molecule has 10 nitrogen and oxygen atoms in total. The maximum Gasteiger partial charge on any atom is 0.469 e. The Hall–Kier alpha value is -2.13. The van der Waals surface area contributed by atoms with E-state index in [9.17, 15) is 41.5 Å². The summed E-state index contributed by atoms with van der Waals surface area (Å²) >= 11 is 0. The lowest BCUT2D eigenvalue weighted by Crippen LogP contribution is -2.55. The number of alkyl halides is 5. The summed E-state index contributed by atoms with van der Waals surface area (Å²) in [5.74, 6) is -3.73. The van der Waals surface area contributed by atoms with E-state index in [0.29, 0.717) is 0 Å². The van der Waals surface area contributed by atoms with Crippen LogP contribution in [0.4, 0.5) is 26.7 Å². The van der Waals surface area contributed by atoms with Crippen molar-refractivity contribution in [1.29, 1.82) is 0 Å². The van der Waals surface area contributed by atoms with Gasteiger partial charge in [-0.15, -0.1) is 0 Å². The van der Waals surface area contributed by atoms with Crippen molar-refractivity contribution in [3.63, 3.8) is 0 Å². The van der Waals surface area contributed by atoms with E-state index in [1.807, 2.05) is 0 Å². The molecule has 1 fully saturated rings. The molecular formula is C18H20F5N2O8P. The summed E-state index contributed by atoms with van der Waals surface area (Å²) in [4.78, 5) is 30.8. The zero-order valence-electron chi connectivity index (χ0n) is 17.0. The quantitative estimate of drug-likeness (QED) is 0.315. The van der Waals surface area contributed by atoms with Crippen LogP contribution in [-0.4, -0.2) is 86.2 Å². The topological polar surface area (TPSA) is 140 Å². The molecule has 2 aliphatic rings. The Bertz CT molecular complexity index is 973. The molecule has 0 saturated carbocycles. The van der Waals surface area contributed by atoms with Crippen molar-refractivity contribution in [3.8, 4) is 0 Å². The molecule has 190 valence electrons. The average Bonchev–Trinajstić information content (AvgIpc) is 3.01. The molecule has 34 heavy (non-hydrogen) atoms. The molecule has 16 heteroatoms. The minimum Gasteiger partial charge on any atom is -0.387 e. The fourth-order valence-electron chi connectivity index (χ4n) is 3.45. The van der Waals surface area contributed by atoms with E-state index < -0.39 is 81.3 Å². The number of amides is 2. The molecule has 2 heterocycles. The highest BCUT2D eigenvalue weighted by Crippen LogP contribution is 2.39. The molecule has 3 rings (SSSR count). The first-order valence-electron chi connectivity index (χ1n) is 9.60. The molecule has 1 saturated heterocycles. The lowest BCUT2D eigenvalue weighted by atomic mass is 10.1. The Kier molecular flexibility index (Phi) is 7.39. The summed E-state index contributed by atoms with van der Waals surface area (Å²) in [6.07, 6.45) is -12.4. The monoisotopic (exact) mass is 518 g/mol. The van der Waals surface area contributed by atoms with E-state index >= 15 is 0 Å². The number of halogens is 5. The number of ether oxygens (including phenoxy) is 1. The highest BCUT2D eigenvalue weighted by Gasteiger charge is 2.51. The zero-order valence-corrected chi connectivity index (χ0v) is 17.9. The van der Waals surface area contributed by atoms with Crippen molar-refractivity contribution in [2.24, 2.45) is 0 Å². The molecule has 0 bridgehead atoms. The average molecular weight is 518 g/mol. The van der Waals surface area contributed by atoms with Gasteiger partial charge in [-0.2, -0.15) is 22.0 Å². The number of aliphatic hydroxyl groups excluding tert-OH is 2. The fourth-order valence-corrected chi connectivity index (χ4v) is 3.79. The van der Waals surface area contributed by atoms with Crippen LogP contribution >= 0.6 is 7.82 Å². The number of nitrogens with zero attached hydrogens (tertiary/aromatic N) is 2. The number of phosphoric acid groups is 1. The Morgan fingerprint density at radius 2 is 1.71 bits per heavy atom. The second-order valence-electron chi connectivity index (χ2n) is 7.60. The first-order valence-corrected chi connectivity index (χ1v) is 11.1. The van der Waals surface area contributed by atoms with E-state index in [1.165, 1.54) is 18.2 Å². The smallest absolute Gasteiger partial charge is 0.387 e. The van der Waals surface area contributed by atoms with Gasteiger partial charge in [-0.25, -0.2) is 9.36 Å². The van der Waals surface area contributed by atoms with Gasteiger partial charge in [0, 0.05) is 11.8 Å². The van der Waals surface area contributed by atoms with Crippen LogP contribution in [0.25, 0.3) is 0 Å².